The van der Waals surface area contributed by atoms with Gasteiger partial charge in [-0.15, -0.1) is 0 Å². The molecule has 0 spiro atoms. The second kappa shape index (κ2) is 4.64. The predicted molar refractivity (Wildman–Crippen MR) is 73.8 cm³/mol. The minimum Gasteiger partial charge on any atom is -0.354 e. The van der Waals surface area contributed by atoms with Crippen molar-refractivity contribution in [2.75, 3.05) is 11.9 Å². The van der Waals surface area contributed by atoms with Crippen molar-refractivity contribution in [3.05, 3.63) is 30.2 Å². The number of H-pyrrole nitrogens is 1. The summed E-state index contributed by atoms with van der Waals surface area (Å²) in [7, 11) is 0. The van der Waals surface area contributed by atoms with Gasteiger partial charge in [-0.05, 0) is 25.5 Å². The molecule has 19 heavy (non-hydrogen) atoms. The normalized spacial score (nSPS) is 10.8. The average Bonchev–Trinajstić information content (AvgIpc) is 2.87. The standard InChI is InChI=1S/C13H14N6/c1-3-15-13-17-11(9-6-14-5-4-8(9)2)10-7-16-19-12(10)18-13/h4-7H,3H2,1-2H3,(H2,15,16,17,18,19). The Morgan fingerprint density at radius 1 is 1.26 bits per heavy atom. The van der Waals surface area contributed by atoms with Gasteiger partial charge < -0.3 is 5.32 Å². The molecular formula is C13H14N6. The SMILES string of the molecule is CCNc1nc(-c2cnccc2C)c2cn[nH]c2n1. The molecule has 0 amide bonds. The van der Waals surface area contributed by atoms with E-state index < -0.39 is 0 Å². The van der Waals surface area contributed by atoms with Crippen LogP contribution in [0.15, 0.2) is 24.7 Å². The highest BCUT2D eigenvalue weighted by molar-refractivity contribution is 5.91. The molecule has 0 aliphatic carbocycles. The summed E-state index contributed by atoms with van der Waals surface area (Å²) in [5, 5.41) is 11.0. The second-order valence-electron chi connectivity index (χ2n) is 4.25. The second-order valence-corrected chi connectivity index (χ2v) is 4.25. The monoisotopic (exact) mass is 254 g/mol. The number of aryl methyl sites for hydroxylation is 1. The largest absolute Gasteiger partial charge is 0.354 e. The maximum atomic E-state index is 4.57. The molecule has 2 N–H and O–H groups in total. The van der Waals surface area contributed by atoms with Crippen molar-refractivity contribution in [2.24, 2.45) is 0 Å². The van der Waals surface area contributed by atoms with E-state index in [1.165, 1.54) is 0 Å². The first-order chi connectivity index (χ1) is 9.29. The van der Waals surface area contributed by atoms with E-state index in [0.717, 1.165) is 34.4 Å². The zero-order chi connectivity index (χ0) is 13.2. The van der Waals surface area contributed by atoms with Gasteiger partial charge in [-0.1, -0.05) is 0 Å². The molecule has 0 aromatic carbocycles. The van der Waals surface area contributed by atoms with Crippen molar-refractivity contribution < 1.29 is 0 Å². The first kappa shape index (κ1) is 11.6. The van der Waals surface area contributed by atoms with E-state index >= 15 is 0 Å². The third-order valence-corrected chi connectivity index (χ3v) is 2.94. The third-order valence-electron chi connectivity index (χ3n) is 2.94. The lowest BCUT2D eigenvalue weighted by Gasteiger charge is -2.08. The highest BCUT2D eigenvalue weighted by atomic mass is 15.2. The molecular weight excluding hydrogens is 240 g/mol. The quantitative estimate of drug-likeness (QED) is 0.748. The maximum absolute atomic E-state index is 4.57. The number of anilines is 1. The summed E-state index contributed by atoms with van der Waals surface area (Å²) in [6.45, 7) is 4.82. The fraction of sp³-hybridized carbons (Fsp3) is 0.231. The molecule has 0 unspecified atom stereocenters. The maximum Gasteiger partial charge on any atom is 0.225 e. The van der Waals surface area contributed by atoms with Crippen molar-refractivity contribution in [3.63, 3.8) is 0 Å². The number of nitrogens with zero attached hydrogens (tertiary/aromatic N) is 4. The lowest BCUT2D eigenvalue weighted by Crippen LogP contribution is -2.03. The van der Waals surface area contributed by atoms with Crippen LogP contribution >= 0.6 is 0 Å². The highest BCUT2D eigenvalue weighted by Crippen LogP contribution is 2.27. The zero-order valence-electron chi connectivity index (χ0n) is 10.8. The minimum atomic E-state index is 0.595. The smallest absolute Gasteiger partial charge is 0.225 e. The summed E-state index contributed by atoms with van der Waals surface area (Å²) in [6.07, 6.45) is 5.34. The molecule has 6 nitrogen and oxygen atoms in total. The lowest BCUT2D eigenvalue weighted by atomic mass is 10.1. The molecule has 0 saturated heterocycles. The van der Waals surface area contributed by atoms with Crippen molar-refractivity contribution in [3.8, 4) is 11.3 Å². The van der Waals surface area contributed by atoms with Crippen LogP contribution in [0.2, 0.25) is 0 Å². The summed E-state index contributed by atoms with van der Waals surface area (Å²) in [4.78, 5) is 13.1. The van der Waals surface area contributed by atoms with Crippen molar-refractivity contribution in [2.45, 2.75) is 13.8 Å². The van der Waals surface area contributed by atoms with Crippen LogP contribution in [0.4, 0.5) is 5.95 Å². The van der Waals surface area contributed by atoms with Crippen LogP contribution in [0.1, 0.15) is 12.5 Å². The van der Waals surface area contributed by atoms with Crippen LogP contribution in [-0.2, 0) is 0 Å². The molecule has 0 fully saturated rings. The minimum absolute atomic E-state index is 0.595. The van der Waals surface area contributed by atoms with Crippen molar-refractivity contribution in [1.29, 1.82) is 0 Å². The van der Waals surface area contributed by atoms with Crippen LogP contribution in [0, 0.1) is 6.92 Å². The molecule has 0 atom stereocenters. The van der Waals surface area contributed by atoms with Gasteiger partial charge >= 0.3 is 0 Å². The number of hydrogen-bond donors (Lipinski definition) is 2. The van der Waals surface area contributed by atoms with Gasteiger partial charge in [-0.25, -0.2) is 4.98 Å². The molecule has 0 saturated carbocycles. The molecule has 0 radical (unpaired) electrons. The van der Waals surface area contributed by atoms with Crippen molar-refractivity contribution >= 4 is 17.0 Å². The van der Waals surface area contributed by atoms with E-state index in [2.05, 4.69) is 30.5 Å². The van der Waals surface area contributed by atoms with E-state index in [9.17, 15) is 0 Å². The van der Waals surface area contributed by atoms with E-state index in [1.54, 1.807) is 12.4 Å². The summed E-state index contributed by atoms with van der Waals surface area (Å²) in [6, 6.07) is 1.97. The fourth-order valence-corrected chi connectivity index (χ4v) is 1.99. The van der Waals surface area contributed by atoms with Crippen LogP contribution in [0.5, 0.6) is 0 Å². The van der Waals surface area contributed by atoms with Gasteiger partial charge in [-0.2, -0.15) is 10.1 Å². The van der Waals surface area contributed by atoms with Crippen LogP contribution in [-0.4, -0.2) is 31.7 Å². The van der Waals surface area contributed by atoms with Gasteiger partial charge in [0.15, 0.2) is 5.65 Å². The van der Waals surface area contributed by atoms with Gasteiger partial charge in [0.25, 0.3) is 0 Å². The van der Waals surface area contributed by atoms with E-state index in [1.807, 2.05) is 26.1 Å². The third kappa shape index (κ3) is 2.01. The predicted octanol–water partition coefficient (Wildman–Crippen LogP) is 2.16. The highest BCUT2D eigenvalue weighted by Gasteiger charge is 2.12. The number of nitrogens with one attached hydrogen (secondary N) is 2. The number of pyridine rings is 1. The van der Waals surface area contributed by atoms with Crippen LogP contribution in [0.25, 0.3) is 22.3 Å². The molecule has 96 valence electrons. The summed E-state index contributed by atoms with van der Waals surface area (Å²) in [5.74, 6) is 0.595. The van der Waals surface area contributed by atoms with Gasteiger partial charge in [0.1, 0.15) is 0 Å². The van der Waals surface area contributed by atoms with Gasteiger partial charge in [-0.3, -0.25) is 10.1 Å². The molecule has 3 aromatic heterocycles. The molecule has 3 aromatic rings. The van der Waals surface area contributed by atoms with Crippen LogP contribution in [0.3, 0.4) is 0 Å². The molecule has 0 aliphatic heterocycles. The first-order valence-electron chi connectivity index (χ1n) is 6.15. The number of hydrogen-bond acceptors (Lipinski definition) is 5. The Hall–Kier alpha value is -2.50. The Bertz CT molecular complexity index is 718. The fourth-order valence-electron chi connectivity index (χ4n) is 1.99. The Balaban J connectivity index is 2.26. The number of fused-ring (bicyclic) bond motifs is 1. The molecule has 6 heteroatoms. The Kier molecular flexibility index (Phi) is 2.83. The zero-order valence-corrected chi connectivity index (χ0v) is 10.8. The molecule has 3 rings (SSSR count). The van der Waals surface area contributed by atoms with E-state index in [0.29, 0.717) is 5.95 Å². The van der Waals surface area contributed by atoms with Gasteiger partial charge in [0, 0.05) is 24.5 Å². The van der Waals surface area contributed by atoms with Crippen molar-refractivity contribution in [1.82, 2.24) is 25.1 Å². The average molecular weight is 254 g/mol. The molecule has 0 aliphatic rings. The number of aromatic amines is 1. The number of rotatable bonds is 3. The van der Waals surface area contributed by atoms with E-state index in [4.69, 9.17) is 0 Å². The Morgan fingerprint density at radius 2 is 2.16 bits per heavy atom. The van der Waals surface area contributed by atoms with Gasteiger partial charge in [0.05, 0.1) is 17.3 Å². The van der Waals surface area contributed by atoms with Gasteiger partial charge in [0.2, 0.25) is 5.95 Å². The summed E-state index contributed by atoms with van der Waals surface area (Å²) < 4.78 is 0. The molecule has 0 bridgehead atoms. The summed E-state index contributed by atoms with van der Waals surface area (Å²) in [5.41, 5.74) is 3.69. The number of aromatic nitrogens is 5. The molecule has 3 heterocycles. The summed E-state index contributed by atoms with van der Waals surface area (Å²) >= 11 is 0. The van der Waals surface area contributed by atoms with Crippen LogP contribution < -0.4 is 5.32 Å². The Labute approximate surface area is 110 Å². The van der Waals surface area contributed by atoms with E-state index in [-0.39, 0.29) is 0 Å². The lowest BCUT2D eigenvalue weighted by molar-refractivity contribution is 1.07. The Morgan fingerprint density at radius 3 is 2.95 bits per heavy atom. The topological polar surface area (TPSA) is 79.4 Å². The first-order valence-corrected chi connectivity index (χ1v) is 6.15.